The minimum absolute atomic E-state index is 0.00774. The number of nitrogens with zero attached hydrogens (tertiary/aromatic N) is 4. The van der Waals surface area contributed by atoms with Gasteiger partial charge in [0.1, 0.15) is 25.4 Å². The van der Waals surface area contributed by atoms with Gasteiger partial charge in [0.2, 0.25) is 5.91 Å². The molecule has 160 valence electrons. The van der Waals surface area contributed by atoms with Gasteiger partial charge in [0.05, 0.1) is 17.5 Å². The average Bonchev–Trinajstić information content (AvgIpc) is 3.47. The Morgan fingerprint density at radius 3 is 2.87 bits per heavy atom. The number of para-hydroxylation sites is 1. The van der Waals surface area contributed by atoms with Crippen LogP contribution in [-0.4, -0.2) is 51.1 Å². The van der Waals surface area contributed by atoms with E-state index in [1.807, 2.05) is 23.1 Å². The van der Waals surface area contributed by atoms with Crippen LogP contribution in [0.5, 0.6) is 11.5 Å². The first-order valence-electron chi connectivity index (χ1n) is 10.2. The van der Waals surface area contributed by atoms with E-state index in [9.17, 15) is 9.18 Å². The van der Waals surface area contributed by atoms with Gasteiger partial charge >= 0.3 is 0 Å². The second-order valence-electron chi connectivity index (χ2n) is 7.37. The molecular weight excluding hydrogens is 419 g/mol. The van der Waals surface area contributed by atoms with E-state index in [4.69, 9.17) is 9.47 Å². The van der Waals surface area contributed by atoms with E-state index in [1.165, 1.54) is 24.2 Å². The van der Waals surface area contributed by atoms with Crippen molar-refractivity contribution in [1.29, 1.82) is 0 Å². The van der Waals surface area contributed by atoms with Gasteiger partial charge in [-0.25, -0.2) is 4.39 Å². The summed E-state index contributed by atoms with van der Waals surface area (Å²) in [5.41, 5.74) is 1.41. The molecule has 7 nitrogen and oxygen atoms in total. The first kappa shape index (κ1) is 19.9. The summed E-state index contributed by atoms with van der Waals surface area (Å²) in [5.74, 6) is 1.33. The number of thioether (sulfide) groups is 1. The maximum atomic E-state index is 14.2. The Bertz CT molecular complexity index is 1110. The van der Waals surface area contributed by atoms with Crippen LogP contribution in [0, 0.1) is 5.82 Å². The molecule has 2 aromatic carbocycles. The molecule has 9 heteroatoms. The maximum absolute atomic E-state index is 14.2. The molecule has 2 aliphatic rings. The van der Waals surface area contributed by atoms with Crippen LogP contribution in [0.2, 0.25) is 0 Å². The molecule has 2 aliphatic heterocycles. The smallest absolute Gasteiger partial charge is 0.233 e. The first-order chi connectivity index (χ1) is 15.2. The summed E-state index contributed by atoms with van der Waals surface area (Å²) in [5, 5.41) is 8.44. The highest BCUT2D eigenvalue weighted by Gasteiger charge is 2.31. The van der Waals surface area contributed by atoms with Crippen LogP contribution in [0.4, 0.5) is 4.39 Å². The van der Waals surface area contributed by atoms with Crippen molar-refractivity contribution in [2.45, 2.75) is 24.0 Å². The highest BCUT2D eigenvalue weighted by atomic mass is 32.2. The van der Waals surface area contributed by atoms with Gasteiger partial charge in [-0.1, -0.05) is 30.0 Å². The first-order valence-corrected chi connectivity index (χ1v) is 11.2. The monoisotopic (exact) mass is 440 g/mol. The number of carbonyl (C=O) groups excluding carboxylic acids is 1. The quantitative estimate of drug-likeness (QED) is 0.565. The van der Waals surface area contributed by atoms with Gasteiger partial charge in [-0.3, -0.25) is 9.36 Å². The topological polar surface area (TPSA) is 69.5 Å². The zero-order valence-electron chi connectivity index (χ0n) is 16.7. The van der Waals surface area contributed by atoms with Crippen LogP contribution in [-0.2, 0) is 4.79 Å². The van der Waals surface area contributed by atoms with Gasteiger partial charge < -0.3 is 14.4 Å². The molecule has 0 saturated carbocycles. The van der Waals surface area contributed by atoms with E-state index >= 15 is 0 Å². The SMILES string of the molecule is O=C(CSc1nncn1-c1ccccc1F)N1CCCC1c1ccc2c(c1)OCCO2. The molecule has 1 saturated heterocycles. The summed E-state index contributed by atoms with van der Waals surface area (Å²) < 4.78 is 27.0. The molecule has 0 N–H and O–H groups in total. The number of halogens is 1. The Kier molecular flexibility index (Phi) is 5.50. The van der Waals surface area contributed by atoms with Crippen LogP contribution in [0.15, 0.2) is 53.9 Å². The molecular formula is C22H21FN4O3S. The summed E-state index contributed by atoms with van der Waals surface area (Å²) in [4.78, 5) is 15.0. The number of carbonyl (C=O) groups is 1. The number of amides is 1. The molecule has 0 spiro atoms. The second-order valence-corrected chi connectivity index (χ2v) is 8.31. The molecule has 31 heavy (non-hydrogen) atoms. The third-order valence-corrected chi connectivity index (χ3v) is 6.41. The lowest BCUT2D eigenvalue weighted by Gasteiger charge is -2.26. The highest BCUT2D eigenvalue weighted by Crippen LogP contribution is 2.38. The van der Waals surface area contributed by atoms with Crippen molar-refractivity contribution in [2.75, 3.05) is 25.5 Å². The van der Waals surface area contributed by atoms with Crippen molar-refractivity contribution in [3.05, 3.63) is 60.2 Å². The molecule has 0 radical (unpaired) electrons. The zero-order chi connectivity index (χ0) is 21.2. The lowest BCUT2D eigenvalue weighted by Crippen LogP contribution is -2.32. The largest absolute Gasteiger partial charge is 0.486 e. The molecule has 1 fully saturated rings. The predicted molar refractivity (Wildman–Crippen MR) is 113 cm³/mol. The summed E-state index contributed by atoms with van der Waals surface area (Å²) in [6.45, 7) is 1.79. The summed E-state index contributed by atoms with van der Waals surface area (Å²) in [6, 6.07) is 12.3. The van der Waals surface area contributed by atoms with Gasteiger partial charge in [-0.15, -0.1) is 10.2 Å². The Hall–Kier alpha value is -3.07. The van der Waals surface area contributed by atoms with Gasteiger partial charge in [0.15, 0.2) is 16.7 Å². The van der Waals surface area contributed by atoms with Crippen molar-refractivity contribution in [1.82, 2.24) is 19.7 Å². The van der Waals surface area contributed by atoms with Crippen LogP contribution in [0.3, 0.4) is 0 Å². The molecule has 3 aromatic rings. The Morgan fingerprint density at radius 2 is 2.00 bits per heavy atom. The number of benzene rings is 2. The molecule has 1 amide bonds. The maximum Gasteiger partial charge on any atom is 0.233 e. The van der Waals surface area contributed by atoms with Crippen LogP contribution in [0.1, 0.15) is 24.4 Å². The predicted octanol–water partition coefficient (Wildman–Crippen LogP) is 3.63. The van der Waals surface area contributed by atoms with E-state index in [0.717, 1.165) is 29.9 Å². The number of ether oxygens (including phenoxy) is 2. The third-order valence-electron chi connectivity index (χ3n) is 5.48. The van der Waals surface area contributed by atoms with Gasteiger partial charge in [-0.2, -0.15) is 0 Å². The zero-order valence-corrected chi connectivity index (χ0v) is 17.6. The average molecular weight is 441 g/mol. The van der Waals surface area contributed by atoms with E-state index < -0.39 is 0 Å². The van der Waals surface area contributed by atoms with Crippen molar-refractivity contribution in [2.24, 2.45) is 0 Å². The molecule has 3 heterocycles. The van der Waals surface area contributed by atoms with Crippen LogP contribution in [0.25, 0.3) is 5.69 Å². The fourth-order valence-electron chi connectivity index (χ4n) is 4.02. The minimum atomic E-state index is -0.367. The fraction of sp³-hybridized carbons (Fsp3) is 0.318. The number of hydrogen-bond acceptors (Lipinski definition) is 6. The van der Waals surface area contributed by atoms with E-state index in [2.05, 4.69) is 10.2 Å². The van der Waals surface area contributed by atoms with Crippen molar-refractivity contribution < 1.29 is 18.7 Å². The number of fused-ring (bicyclic) bond motifs is 1. The Balaban J connectivity index is 1.29. The highest BCUT2D eigenvalue weighted by molar-refractivity contribution is 7.99. The fourth-order valence-corrected chi connectivity index (χ4v) is 4.83. The van der Waals surface area contributed by atoms with Gasteiger partial charge in [-0.05, 0) is 42.7 Å². The van der Waals surface area contributed by atoms with E-state index in [-0.39, 0.29) is 23.5 Å². The van der Waals surface area contributed by atoms with E-state index in [0.29, 0.717) is 30.6 Å². The normalized spacial score (nSPS) is 17.7. The summed E-state index contributed by atoms with van der Waals surface area (Å²) in [6.07, 6.45) is 3.31. The standard InChI is InChI=1S/C22H21FN4O3S/c23-16-4-1-2-5-18(16)27-14-24-25-22(27)31-13-21(28)26-9-3-6-17(26)15-7-8-19-20(12-15)30-11-10-29-19/h1-2,4-5,7-8,12,14,17H,3,6,9-11,13H2. The van der Waals surface area contributed by atoms with Gasteiger partial charge in [0, 0.05) is 6.54 Å². The third kappa shape index (κ3) is 3.97. The summed E-state index contributed by atoms with van der Waals surface area (Å²) in [7, 11) is 0. The number of likely N-dealkylation sites (tertiary alicyclic amines) is 1. The van der Waals surface area contributed by atoms with Crippen molar-refractivity contribution in [3.8, 4) is 17.2 Å². The molecule has 0 bridgehead atoms. The molecule has 5 rings (SSSR count). The second kappa shape index (κ2) is 8.58. The number of rotatable bonds is 5. The van der Waals surface area contributed by atoms with Crippen molar-refractivity contribution in [3.63, 3.8) is 0 Å². The van der Waals surface area contributed by atoms with E-state index in [1.54, 1.807) is 22.8 Å². The Morgan fingerprint density at radius 1 is 1.16 bits per heavy atom. The number of hydrogen-bond donors (Lipinski definition) is 0. The molecule has 1 aromatic heterocycles. The Labute approximate surface area is 183 Å². The van der Waals surface area contributed by atoms with Crippen molar-refractivity contribution >= 4 is 17.7 Å². The van der Waals surface area contributed by atoms with Crippen LogP contribution < -0.4 is 9.47 Å². The van der Waals surface area contributed by atoms with Gasteiger partial charge in [0.25, 0.3) is 0 Å². The van der Waals surface area contributed by atoms with Crippen LogP contribution >= 0.6 is 11.8 Å². The molecule has 1 unspecified atom stereocenters. The molecule has 1 atom stereocenters. The minimum Gasteiger partial charge on any atom is -0.486 e. The number of aromatic nitrogens is 3. The lowest BCUT2D eigenvalue weighted by atomic mass is 10.0. The summed E-state index contributed by atoms with van der Waals surface area (Å²) >= 11 is 1.26. The molecule has 0 aliphatic carbocycles. The lowest BCUT2D eigenvalue weighted by molar-refractivity contribution is -0.129.